The maximum absolute atomic E-state index is 12.7. The predicted molar refractivity (Wildman–Crippen MR) is 108 cm³/mol. The number of carbonyl (C=O) groups excluding carboxylic acids is 1. The Morgan fingerprint density at radius 2 is 2.11 bits per heavy atom. The lowest BCUT2D eigenvalue weighted by molar-refractivity contribution is -0.136. The van der Waals surface area contributed by atoms with E-state index in [0.717, 1.165) is 42.3 Å². The van der Waals surface area contributed by atoms with E-state index in [2.05, 4.69) is 14.9 Å². The molecule has 6 nitrogen and oxygen atoms in total. The van der Waals surface area contributed by atoms with Gasteiger partial charge in [0.25, 0.3) is 0 Å². The zero-order valence-corrected chi connectivity index (χ0v) is 16.5. The highest BCUT2D eigenvalue weighted by Gasteiger charge is 2.43. The molecule has 1 aromatic heterocycles. The summed E-state index contributed by atoms with van der Waals surface area (Å²) in [5.41, 5.74) is 2.26. The zero-order chi connectivity index (χ0) is 19.0. The number of nitrogens with zero attached hydrogens (tertiary/aromatic N) is 3. The minimum absolute atomic E-state index is 0.118. The molecule has 150 valence electrons. The summed E-state index contributed by atoms with van der Waals surface area (Å²) in [5, 5.41) is 0. The molecule has 2 saturated heterocycles. The van der Waals surface area contributed by atoms with Crippen LogP contribution >= 0.6 is 0 Å². The zero-order valence-electron chi connectivity index (χ0n) is 16.5. The van der Waals surface area contributed by atoms with Gasteiger partial charge in [-0.15, -0.1) is 0 Å². The Hall–Kier alpha value is -1.92. The average Bonchev–Trinajstić information content (AvgIpc) is 3.26. The van der Waals surface area contributed by atoms with Gasteiger partial charge in [-0.1, -0.05) is 12.1 Å². The quantitative estimate of drug-likeness (QED) is 0.835. The summed E-state index contributed by atoms with van der Waals surface area (Å²) in [6.07, 6.45) is 6.51. The van der Waals surface area contributed by atoms with Gasteiger partial charge in [0.1, 0.15) is 19.0 Å². The second-order valence-electron chi connectivity index (χ2n) is 9.04. The maximum Gasteiger partial charge on any atom is 0.248 e. The van der Waals surface area contributed by atoms with Gasteiger partial charge in [-0.25, -0.2) is 4.98 Å². The number of nitrogens with one attached hydrogen (secondary N) is 1. The Labute approximate surface area is 166 Å². The number of fused-ring (bicyclic) bond motifs is 1. The van der Waals surface area contributed by atoms with Crippen molar-refractivity contribution < 1.29 is 9.53 Å². The molecule has 3 fully saturated rings. The number of ether oxygens (including phenoxy) is 1. The molecule has 1 atom stereocenters. The van der Waals surface area contributed by atoms with Gasteiger partial charge in [0, 0.05) is 31.6 Å². The second-order valence-corrected chi connectivity index (χ2v) is 9.04. The third kappa shape index (κ3) is 3.94. The summed E-state index contributed by atoms with van der Waals surface area (Å²) in [5.74, 6) is 1.84. The lowest BCUT2D eigenvalue weighted by atomic mass is 9.79. The number of likely N-dealkylation sites (tertiary alicyclic amines) is 2. The number of piperidine rings is 1. The fourth-order valence-corrected chi connectivity index (χ4v) is 5.01. The number of aromatic amines is 1. The molecule has 1 saturated carbocycles. The van der Waals surface area contributed by atoms with Crippen molar-refractivity contribution in [3.63, 3.8) is 0 Å². The Bertz CT molecular complexity index is 813. The Kier molecular flexibility index (Phi) is 4.85. The first kappa shape index (κ1) is 18.1. The first-order chi connectivity index (χ1) is 13.7. The number of carbonyl (C=O) groups is 1. The molecule has 3 heterocycles. The molecule has 2 aliphatic heterocycles. The molecular weight excluding hydrogens is 352 g/mol. The molecule has 0 bridgehead atoms. The van der Waals surface area contributed by atoms with Crippen LogP contribution in [0.15, 0.2) is 24.3 Å². The van der Waals surface area contributed by atoms with Gasteiger partial charge in [0.15, 0.2) is 0 Å². The molecule has 3 aliphatic rings. The maximum atomic E-state index is 12.7. The van der Waals surface area contributed by atoms with Gasteiger partial charge in [-0.2, -0.15) is 0 Å². The molecule has 1 aliphatic carbocycles. The summed E-state index contributed by atoms with van der Waals surface area (Å²) in [6.45, 7) is 5.95. The van der Waals surface area contributed by atoms with Crippen molar-refractivity contribution >= 4 is 16.9 Å². The van der Waals surface area contributed by atoms with Gasteiger partial charge in [-0.3, -0.25) is 4.79 Å². The normalized spacial score (nSPS) is 25.8. The van der Waals surface area contributed by atoms with Crippen LogP contribution in [0.25, 0.3) is 11.0 Å². The molecule has 2 aromatic rings. The van der Waals surface area contributed by atoms with E-state index in [1.165, 1.54) is 45.3 Å². The molecule has 1 amide bonds. The number of H-pyrrole nitrogens is 1. The smallest absolute Gasteiger partial charge is 0.248 e. The van der Waals surface area contributed by atoms with Gasteiger partial charge >= 0.3 is 0 Å². The van der Waals surface area contributed by atoms with E-state index < -0.39 is 0 Å². The fourth-order valence-electron chi connectivity index (χ4n) is 5.01. The molecule has 1 spiro atoms. The second kappa shape index (κ2) is 7.48. The van der Waals surface area contributed by atoms with E-state index in [4.69, 9.17) is 4.74 Å². The van der Waals surface area contributed by atoms with E-state index in [9.17, 15) is 4.79 Å². The number of imidazole rings is 1. The predicted octanol–water partition coefficient (Wildman–Crippen LogP) is 2.80. The molecule has 0 unspecified atom stereocenters. The molecular formula is C22H30N4O2. The average molecular weight is 383 g/mol. The Morgan fingerprint density at radius 1 is 1.21 bits per heavy atom. The highest BCUT2D eigenvalue weighted by atomic mass is 16.5. The van der Waals surface area contributed by atoms with Crippen LogP contribution in [0.4, 0.5) is 0 Å². The lowest BCUT2D eigenvalue weighted by Gasteiger charge is -2.40. The molecule has 1 aromatic carbocycles. The first-order valence-corrected chi connectivity index (χ1v) is 10.7. The summed E-state index contributed by atoms with van der Waals surface area (Å²) >= 11 is 0. The Balaban J connectivity index is 1.11. The van der Waals surface area contributed by atoms with E-state index in [1.807, 2.05) is 29.2 Å². The summed E-state index contributed by atoms with van der Waals surface area (Å²) in [7, 11) is 0. The van der Waals surface area contributed by atoms with E-state index >= 15 is 0 Å². The van der Waals surface area contributed by atoms with Crippen LogP contribution in [0.3, 0.4) is 0 Å². The van der Waals surface area contributed by atoms with Crippen LogP contribution in [0.2, 0.25) is 0 Å². The number of para-hydroxylation sites is 2. The number of hydrogen-bond donors (Lipinski definition) is 1. The number of benzene rings is 1. The van der Waals surface area contributed by atoms with Gasteiger partial charge in [0.2, 0.25) is 5.91 Å². The minimum Gasteiger partial charge on any atom is -0.364 e. The minimum atomic E-state index is 0.118. The van der Waals surface area contributed by atoms with E-state index in [0.29, 0.717) is 12.0 Å². The van der Waals surface area contributed by atoms with Crippen LogP contribution in [-0.2, 0) is 16.1 Å². The topological polar surface area (TPSA) is 61.5 Å². The molecule has 28 heavy (non-hydrogen) atoms. The third-order valence-electron chi connectivity index (χ3n) is 6.65. The largest absolute Gasteiger partial charge is 0.364 e. The van der Waals surface area contributed by atoms with Crippen LogP contribution in [0, 0.1) is 11.3 Å². The number of rotatable bonds is 6. The van der Waals surface area contributed by atoms with Crippen molar-refractivity contribution in [2.24, 2.45) is 11.3 Å². The van der Waals surface area contributed by atoms with Crippen LogP contribution in [0.1, 0.15) is 37.9 Å². The summed E-state index contributed by atoms with van der Waals surface area (Å²) in [6, 6.07) is 7.92. The highest BCUT2D eigenvalue weighted by molar-refractivity contribution is 5.78. The van der Waals surface area contributed by atoms with Crippen molar-refractivity contribution in [1.82, 2.24) is 19.8 Å². The van der Waals surface area contributed by atoms with Crippen LogP contribution < -0.4 is 0 Å². The standard InChI is InChI=1S/C22H30N4O2/c27-21(14-28-13-20-23-18-4-1-2-5-19(18)24-20)26-11-9-22(16-26)8-3-10-25(15-22)12-17-6-7-17/h1-2,4-5,17H,3,6-16H2,(H,23,24)/t22-/m0/s1. The lowest BCUT2D eigenvalue weighted by Crippen LogP contribution is -2.46. The number of amides is 1. The molecule has 6 heteroatoms. The van der Waals surface area contributed by atoms with Crippen LogP contribution in [0.5, 0.6) is 0 Å². The molecule has 1 N–H and O–H groups in total. The SMILES string of the molecule is O=C(COCc1nc2ccccc2[nH]1)N1CC[C@]2(CCCN(CC3CC3)C2)C1. The molecule has 5 rings (SSSR count). The van der Waals surface area contributed by atoms with Crippen molar-refractivity contribution in [2.45, 2.75) is 38.7 Å². The Morgan fingerprint density at radius 3 is 2.96 bits per heavy atom. The van der Waals surface area contributed by atoms with Crippen molar-refractivity contribution in [2.75, 3.05) is 39.3 Å². The summed E-state index contributed by atoms with van der Waals surface area (Å²) in [4.78, 5) is 25.1. The van der Waals surface area contributed by atoms with E-state index in [1.54, 1.807) is 0 Å². The monoisotopic (exact) mass is 382 g/mol. The van der Waals surface area contributed by atoms with Crippen LogP contribution in [-0.4, -0.2) is 65.0 Å². The van der Waals surface area contributed by atoms with Gasteiger partial charge in [-0.05, 0) is 56.7 Å². The fraction of sp³-hybridized carbons (Fsp3) is 0.636. The third-order valence-corrected chi connectivity index (χ3v) is 6.65. The van der Waals surface area contributed by atoms with Crippen molar-refractivity contribution in [3.8, 4) is 0 Å². The summed E-state index contributed by atoms with van der Waals surface area (Å²) < 4.78 is 5.69. The number of hydrogen-bond acceptors (Lipinski definition) is 4. The highest BCUT2D eigenvalue weighted by Crippen LogP contribution is 2.40. The van der Waals surface area contributed by atoms with Gasteiger partial charge < -0.3 is 19.5 Å². The van der Waals surface area contributed by atoms with E-state index in [-0.39, 0.29) is 12.5 Å². The molecule has 0 radical (unpaired) electrons. The van der Waals surface area contributed by atoms with Crippen molar-refractivity contribution in [3.05, 3.63) is 30.1 Å². The number of aromatic nitrogens is 2. The van der Waals surface area contributed by atoms with Gasteiger partial charge in [0.05, 0.1) is 11.0 Å². The van der Waals surface area contributed by atoms with Crippen molar-refractivity contribution in [1.29, 1.82) is 0 Å². The first-order valence-electron chi connectivity index (χ1n) is 10.7.